The van der Waals surface area contributed by atoms with E-state index in [0.29, 0.717) is 29.3 Å². The number of benzene rings is 2. The molecule has 5 N–H and O–H groups in total. The van der Waals surface area contributed by atoms with Crippen molar-refractivity contribution in [3.63, 3.8) is 0 Å². The fourth-order valence-electron chi connectivity index (χ4n) is 3.13. The summed E-state index contributed by atoms with van der Waals surface area (Å²) in [6, 6.07) is 10.6. The van der Waals surface area contributed by atoms with Crippen molar-refractivity contribution in [2.24, 2.45) is 0 Å². The molecule has 3 rings (SSSR count). The van der Waals surface area contributed by atoms with E-state index in [1.807, 2.05) is 38.1 Å². The summed E-state index contributed by atoms with van der Waals surface area (Å²) in [5.74, 6) is 0.610. The van der Waals surface area contributed by atoms with Gasteiger partial charge >= 0.3 is 10.9 Å². The van der Waals surface area contributed by atoms with E-state index in [9.17, 15) is 15.0 Å². The van der Waals surface area contributed by atoms with Crippen LogP contribution in [-0.2, 0) is 11.3 Å². The van der Waals surface area contributed by atoms with Crippen LogP contribution in [0.25, 0.3) is 17.1 Å². The Bertz CT molecular complexity index is 1100. The first kappa shape index (κ1) is 21.4. The molecule has 1 heterocycles. The van der Waals surface area contributed by atoms with Gasteiger partial charge in [-0.15, -0.1) is 5.10 Å². The highest BCUT2D eigenvalue weighted by Gasteiger charge is 2.22. The number of ether oxygens (including phenoxy) is 1. The SMILES string of the molecule is CCOC(=O)NCc1ccc(-[n+]2c(-c3cc(C(C)C)c(O)cc3O)[nH][nH]c2=S)cc1. The predicted octanol–water partition coefficient (Wildman–Crippen LogP) is 3.80. The molecule has 8 nitrogen and oxygen atoms in total. The number of hydrogen-bond donors (Lipinski definition) is 5. The highest BCUT2D eigenvalue weighted by Crippen LogP contribution is 2.36. The molecular weight excluding hydrogens is 404 g/mol. The number of nitrogens with zero attached hydrogens (tertiary/aromatic N) is 1. The zero-order valence-electron chi connectivity index (χ0n) is 17.0. The molecule has 0 aliphatic carbocycles. The number of alkyl carbamates (subject to hydrolysis) is 1. The Labute approximate surface area is 179 Å². The molecule has 0 fully saturated rings. The number of H-pyrrole nitrogens is 2. The van der Waals surface area contributed by atoms with E-state index >= 15 is 0 Å². The van der Waals surface area contributed by atoms with Crippen LogP contribution in [0.5, 0.6) is 11.5 Å². The molecule has 9 heteroatoms. The summed E-state index contributed by atoms with van der Waals surface area (Å²) in [7, 11) is 0. The van der Waals surface area contributed by atoms with Gasteiger partial charge in [0.2, 0.25) is 0 Å². The average Bonchev–Trinajstić information content (AvgIpc) is 3.08. The highest BCUT2D eigenvalue weighted by molar-refractivity contribution is 7.71. The molecule has 30 heavy (non-hydrogen) atoms. The molecule has 0 aliphatic rings. The van der Waals surface area contributed by atoms with Crippen LogP contribution in [0.3, 0.4) is 0 Å². The van der Waals surface area contributed by atoms with E-state index in [4.69, 9.17) is 17.0 Å². The van der Waals surface area contributed by atoms with Crippen LogP contribution in [0.2, 0.25) is 0 Å². The van der Waals surface area contributed by atoms with Gasteiger partial charge in [-0.3, -0.25) is 0 Å². The van der Waals surface area contributed by atoms with Gasteiger partial charge in [-0.05, 0) is 54.4 Å². The van der Waals surface area contributed by atoms with Gasteiger partial charge in [0.05, 0.1) is 12.2 Å². The van der Waals surface area contributed by atoms with Crippen LogP contribution in [0.15, 0.2) is 36.4 Å². The number of phenolic OH excluding ortho intramolecular Hbond substituents is 2. The topological polar surface area (TPSA) is 114 Å². The molecule has 0 radical (unpaired) electrons. The fourth-order valence-corrected chi connectivity index (χ4v) is 3.37. The van der Waals surface area contributed by atoms with E-state index in [1.165, 1.54) is 6.07 Å². The van der Waals surface area contributed by atoms with Crippen LogP contribution in [0.1, 0.15) is 37.8 Å². The summed E-state index contributed by atoms with van der Waals surface area (Å²) in [5.41, 5.74) is 2.90. The van der Waals surface area contributed by atoms with E-state index in [1.54, 1.807) is 17.6 Å². The van der Waals surface area contributed by atoms with Crippen molar-refractivity contribution in [1.29, 1.82) is 0 Å². The number of carbonyl (C=O) groups is 1. The summed E-state index contributed by atoms with van der Waals surface area (Å²) in [4.78, 5) is 11.4. The number of nitrogens with one attached hydrogen (secondary N) is 3. The molecule has 0 spiro atoms. The molecule has 0 bridgehead atoms. The molecule has 1 amide bonds. The molecule has 1 aromatic heterocycles. The summed E-state index contributed by atoms with van der Waals surface area (Å²) in [6.45, 7) is 6.34. The lowest BCUT2D eigenvalue weighted by atomic mass is 9.98. The van der Waals surface area contributed by atoms with Crippen molar-refractivity contribution in [3.8, 4) is 28.6 Å². The molecule has 0 saturated carbocycles. The van der Waals surface area contributed by atoms with Crippen LogP contribution in [0, 0.1) is 4.77 Å². The molecule has 0 unspecified atom stereocenters. The fraction of sp³-hybridized carbons (Fsp3) is 0.286. The number of hydrogen-bond acceptors (Lipinski definition) is 5. The third kappa shape index (κ3) is 4.46. The second kappa shape index (κ2) is 9.00. The quantitative estimate of drug-likeness (QED) is 0.302. The summed E-state index contributed by atoms with van der Waals surface area (Å²) < 4.78 is 7.03. The third-order valence-corrected chi connectivity index (χ3v) is 4.93. The minimum atomic E-state index is -0.463. The molecule has 2 aromatic carbocycles. The first-order valence-electron chi connectivity index (χ1n) is 9.60. The molecule has 0 aliphatic heterocycles. The Kier molecular flexibility index (Phi) is 6.41. The van der Waals surface area contributed by atoms with Crippen LogP contribution >= 0.6 is 12.2 Å². The maximum atomic E-state index is 11.4. The van der Waals surface area contributed by atoms with Crippen molar-refractivity contribution in [3.05, 3.63) is 52.3 Å². The van der Waals surface area contributed by atoms with Gasteiger partial charge in [-0.1, -0.05) is 26.0 Å². The zero-order valence-corrected chi connectivity index (χ0v) is 17.8. The Morgan fingerprint density at radius 3 is 2.50 bits per heavy atom. The zero-order chi connectivity index (χ0) is 21.8. The Balaban J connectivity index is 1.95. The molecular formula is C21H25N4O4S+. The number of phenols is 2. The number of aromatic amines is 2. The van der Waals surface area contributed by atoms with Crippen molar-refractivity contribution in [2.75, 3.05) is 6.61 Å². The smallest absolute Gasteiger partial charge is 0.407 e. The molecule has 0 atom stereocenters. The first-order chi connectivity index (χ1) is 14.3. The Morgan fingerprint density at radius 1 is 1.17 bits per heavy atom. The van der Waals surface area contributed by atoms with Gasteiger partial charge in [0.25, 0.3) is 5.82 Å². The molecule has 158 valence electrons. The van der Waals surface area contributed by atoms with Crippen LogP contribution in [0.4, 0.5) is 4.79 Å². The molecule has 3 aromatic rings. The van der Waals surface area contributed by atoms with E-state index in [0.717, 1.165) is 16.8 Å². The van der Waals surface area contributed by atoms with Crippen molar-refractivity contribution in [1.82, 2.24) is 15.5 Å². The average molecular weight is 430 g/mol. The monoisotopic (exact) mass is 429 g/mol. The summed E-state index contributed by atoms with van der Waals surface area (Å²) >= 11 is 5.43. The van der Waals surface area contributed by atoms with Crippen molar-refractivity contribution >= 4 is 18.3 Å². The van der Waals surface area contributed by atoms with Gasteiger partial charge in [-0.25, -0.2) is 4.79 Å². The van der Waals surface area contributed by atoms with Crippen molar-refractivity contribution in [2.45, 2.75) is 33.2 Å². The van der Waals surface area contributed by atoms with Crippen LogP contribution < -0.4 is 9.88 Å². The van der Waals surface area contributed by atoms with Gasteiger partial charge in [0.1, 0.15) is 17.2 Å². The number of amides is 1. The maximum Gasteiger partial charge on any atom is 0.407 e. The Hall–Kier alpha value is -3.33. The largest absolute Gasteiger partial charge is 0.508 e. The number of aromatic nitrogens is 3. The normalized spacial score (nSPS) is 10.9. The summed E-state index contributed by atoms with van der Waals surface area (Å²) in [6.07, 6.45) is -0.463. The lowest BCUT2D eigenvalue weighted by Crippen LogP contribution is -2.32. The van der Waals surface area contributed by atoms with Crippen molar-refractivity contribution < 1.29 is 24.3 Å². The van der Waals surface area contributed by atoms with Gasteiger partial charge in [0, 0.05) is 12.6 Å². The second-order valence-corrected chi connectivity index (χ2v) is 7.45. The maximum absolute atomic E-state index is 11.4. The third-order valence-electron chi connectivity index (χ3n) is 4.64. The van der Waals surface area contributed by atoms with E-state index in [2.05, 4.69) is 15.5 Å². The first-order valence-corrected chi connectivity index (χ1v) is 10.0. The summed E-state index contributed by atoms with van der Waals surface area (Å²) in [5, 5.41) is 29.2. The second-order valence-electron chi connectivity index (χ2n) is 7.06. The lowest BCUT2D eigenvalue weighted by Gasteiger charge is -2.11. The number of carbonyl (C=O) groups excluding carboxylic acids is 1. The standard InChI is InChI=1S/C21H24N4O4S/c1-4-29-21(28)22-11-13-5-7-14(8-6-13)25-19(23-24-20(25)30)16-9-15(12(2)3)17(26)10-18(16)27/h5-10,12H,4,11H2,1-3H3,(H4,22,23,24,26,27,28,30)/p+1. The van der Waals surface area contributed by atoms with E-state index < -0.39 is 6.09 Å². The number of rotatable bonds is 6. The number of aromatic hydroxyl groups is 2. The molecule has 0 saturated heterocycles. The Morgan fingerprint density at radius 2 is 1.87 bits per heavy atom. The lowest BCUT2D eigenvalue weighted by molar-refractivity contribution is -0.591. The minimum absolute atomic E-state index is 0.0467. The van der Waals surface area contributed by atoms with E-state index in [-0.39, 0.29) is 17.4 Å². The highest BCUT2D eigenvalue weighted by atomic mass is 32.1. The minimum Gasteiger partial charge on any atom is -0.508 e. The van der Waals surface area contributed by atoms with Gasteiger partial charge < -0.3 is 20.3 Å². The van der Waals surface area contributed by atoms with Gasteiger partial charge in [0.15, 0.2) is 0 Å². The van der Waals surface area contributed by atoms with Gasteiger partial charge in [-0.2, -0.15) is 9.67 Å². The van der Waals surface area contributed by atoms with Crippen LogP contribution in [-0.4, -0.2) is 33.1 Å². The predicted molar refractivity (Wildman–Crippen MR) is 114 cm³/mol.